The third-order valence-corrected chi connectivity index (χ3v) is 3.47. The van der Waals surface area contributed by atoms with Crippen molar-refractivity contribution >= 4 is 0 Å². The summed E-state index contributed by atoms with van der Waals surface area (Å²) in [4.78, 5) is 2.58. The van der Waals surface area contributed by atoms with Crippen molar-refractivity contribution in [2.45, 2.75) is 18.8 Å². The van der Waals surface area contributed by atoms with Gasteiger partial charge in [0.15, 0.2) is 0 Å². The highest BCUT2D eigenvalue weighted by Gasteiger charge is 2.36. The summed E-state index contributed by atoms with van der Waals surface area (Å²) in [6.07, 6.45) is 4.71. The van der Waals surface area contributed by atoms with E-state index in [4.69, 9.17) is 0 Å². The average molecular weight is 177 g/mol. The SMILES string of the molecule is c1cc(C2CN3CCCC2C3)n[nH]1. The van der Waals surface area contributed by atoms with Crippen LogP contribution in [0.4, 0.5) is 0 Å². The van der Waals surface area contributed by atoms with Crippen LogP contribution in [0.15, 0.2) is 12.3 Å². The van der Waals surface area contributed by atoms with E-state index in [0.717, 1.165) is 5.92 Å². The number of nitrogens with zero attached hydrogens (tertiary/aromatic N) is 2. The fourth-order valence-corrected chi connectivity index (χ4v) is 2.83. The number of aromatic nitrogens is 2. The maximum absolute atomic E-state index is 4.31. The first-order chi connectivity index (χ1) is 6.43. The minimum absolute atomic E-state index is 0.703. The predicted molar refractivity (Wildman–Crippen MR) is 50.5 cm³/mol. The number of rotatable bonds is 1. The van der Waals surface area contributed by atoms with Crippen LogP contribution < -0.4 is 0 Å². The number of H-pyrrole nitrogens is 1. The summed E-state index contributed by atoms with van der Waals surface area (Å²) in [6, 6.07) is 2.13. The Hall–Kier alpha value is -0.830. The maximum Gasteiger partial charge on any atom is 0.0668 e. The highest BCUT2D eigenvalue weighted by atomic mass is 15.2. The van der Waals surface area contributed by atoms with Gasteiger partial charge in [-0.25, -0.2) is 0 Å². The first-order valence-corrected chi connectivity index (χ1v) is 5.15. The highest BCUT2D eigenvalue weighted by molar-refractivity contribution is 5.12. The Morgan fingerprint density at radius 3 is 3.23 bits per heavy atom. The molecule has 2 fully saturated rings. The molecule has 2 aliphatic rings. The van der Waals surface area contributed by atoms with Crippen LogP contribution in [0.2, 0.25) is 0 Å². The van der Waals surface area contributed by atoms with Gasteiger partial charge in [0, 0.05) is 25.2 Å². The summed E-state index contributed by atoms with van der Waals surface area (Å²) in [5, 5.41) is 7.22. The second-order valence-corrected chi connectivity index (χ2v) is 4.27. The van der Waals surface area contributed by atoms with Crippen molar-refractivity contribution in [2.24, 2.45) is 5.92 Å². The van der Waals surface area contributed by atoms with Gasteiger partial charge in [0.05, 0.1) is 5.69 Å². The van der Waals surface area contributed by atoms with Crippen LogP contribution in [0.1, 0.15) is 24.5 Å². The number of aromatic amines is 1. The van der Waals surface area contributed by atoms with E-state index in [-0.39, 0.29) is 0 Å². The molecule has 2 bridgehead atoms. The molecule has 70 valence electrons. The molecule has 1 N–H and O–H groups in total. The van der Waals surface area contributed by atoms with E-state index >= 15 is 0 Å². The lowest BCUT2D eigenvalue weighted by Gasteiger charge is -2.21. The molecule has 3 heteroatoms. The van der Waals surface area contributed by atoms with Crippen molar-refractivity contribution in [3.8, 4) is 0 Å². The average Bonchev–Trinajstić information content (AvgIpc) is 2.74. The first kappa shape index (κ1) is 7.56. The van der Waals surface area contributed by atoms with Gasteiger partial charge >= 0.3 is 0 Å². The highest BCUT2D eigenvalue weighted by Crippen LogP contribution is 2.37. The Labute approximate surface area is 78.1 Å². The molecule has 3 atom stereocenters. The summed E-state index contributed by atoms with van der Waals surface area (Å²) in [5.74, 6) is 1.57. The molecule has 2 saturated heterocycles. The van der Waals surface area contributed by atoms with Crippen LogP contribution in [0.25, 0.3) is 0 Å². The molecule has 0 radical (unpaired) electrons. The van der Waals surface area contributed by atoms with E-state index in [2.05, 4.69) is 21.2 Å². The van der Waals surface area contributed by atoms with Crippen molar-refractivity contribution < 1.29 is 0 Å². The van der Waals surface area contributed by atoms with E-state index in [9.17, 15) is 0 Å². The van der Waals surface area contributed by atoms with E-state index in [1.807, 2.05) is 6.20 Å². The van der Waals surface area contributed by atoms with Gasteiger partial charge in [-0.1, -0.05) is 0 Å². The van der Waals surface area contributed by atoms with Crippen LogP contribution in [-0.2, 0) is 0 Å². The fraction of sp³-hybridized carbons (Fsp3) is 0.700. The number of nitrogens with one attached hydrogen (secondary N) is 1. The normalized spacial score (nSPS) is 38.0. The maximum atomic E-state index is 4.31. The largest absolute Gasteiger partial charge is 0.302 e. The van der Waals surface area contributed by atoms with E-state index in [1.165, 1.54) is 38.2 Å². The smallest absolute Gasteiger partial charge is 0.0668 e. The molecule has 3 unspecified atom stereocenters. The van der Waals surface area contributed by atoms with Crippen LogP contribution >= 0.6 is 0 Å². The number of fused-ring (bicyclic) bond motifs is 2. The van der Waals surface area contributed by atoms with Gasteiger partial charge in [-0.05, 0) is 31.4 Å². The van der Waals surface area contributed by atoms with Crippen LogP contribution in [-0.4, -0.2) is 34.7 Å². The second kappa shape index (κ2) is 2.84. The summed E-state index contributed by atoms with van der Waals surface area (Å²) >= 11 is 0. The fourth-order valence-electron chi connectivity index (χ4n) is 2.83. The van der Waals surface area contributed by atoms with Gasteiger partial charge in [-0.3, -0.25) is 5.10 Å². The van der Waals surface area contributed by atoms with Gasteiger partial charge < -0.3 is 4.90 Å². The molecule has 1 aromatic rings. The molecule has 0 spiro atoms. The van der Waals surface area contributed by atoms with Crippen LogP contribution in [0.5, 0.6) is 0 Å². The molecule has 3 nitrogen and oxygen atoms in total. The van der Waals surface area contributed by atoms with Crippen molar-refractivity contribution in [1.29, 1.82) is 0 Å². The molecule has 2 aliphatic heterocycles. The zero-order chi connectivity index (χ0) is 8.67. The summed E-state index contributed by atoms with van der Waals surface area (Å²) < 4.78 is 0. The van der Waals surface area contributed by atoms with Crippen molar-refractivity contribution in [3.63, 3.8) is 0 Å². The van der Waals surface area contributed by atoms with E-state index in [1.54, 1.807) is 0 Å². The monoisotopic (exact) mass is 177 g/mol. The molecular formula is C10H15N3. The first-order valence-electron chi connectivity index (χ1n) is 5.15. The molecule has 0 aliphatic carbocycles. The summed E-state index contributed by atoms with van der Waals surface area (Å²) in [7, 11) is 0. The lowest BCUT2D eigenvalue weighted by molar-refractivity contribution is 0.269. The Balaban J connectivity index is 1.86. The zero-order valence-corrected chi connectivity index (χ0v) is 7.74. The molecule has 0 amide bonds. The van der Waals surface area contributed by atoms with Crippen molar-refractivity contribution in [1.82, 2.24) is 15.1 Å². The number of hydrogen-bond acceptors (Lipinski definition) is 2. The second-order valence-electron chi connectivity index (χ2n) is 4.27. The van der Waals surface area contributed by atoms with Crippen molar-refractivity contribution in [3.05, 3.63) is 18.0 Å². The third-order valence-electron chi connectivity index (χ3n) is 3.47. The quantitative estimate of drug-likeness (QED) is 0.699. The zero-order valence-electron chi connectivity index (χ0n) is 7.74. The van der Waals surface area contributed by atoms with Crippen molar-refractivity contribution in [2.75, 3.05) is 19.6 Å². The van der Waals surface area contributed by atoms with Gasteiger partial charge in [-0.2, -0.15) is 5.10 Å². The lowest BCUT2D eigenvalue weighted by Crippen LogP contribution is -2.25. The molecular weight excluding hydrogens is 162 g/mol. The molecule has 0 saturated carbocycles. The molecule has 13 heavy (non-hydrogen) atoms. The van der Waals surface area contributed by atoms with E-state index in [0.29, 0.717) is 5.92 Å². The predicted octanol–water partition coefficient (Wildman–Crippen LogP) is 1.22. The number of hydrogen-bond donors (Lipinski definition) is 1. The Morgan fingerprint density at radius 2 is 2.46 bits per heavy atom. The summed E-state index contributed by atoms with van der Waals surface area (Å²) in [5.41, 5.74) is 1.27. The van der Waals surface area contributed by atoms with Gasteiger partial charge in [0.25, 0.3) is 0 Å². The molecule has 3 rings (SSSR count). The van der Waals surface area contributed by atoms with Gasteiger partial charge in [-0.15, -0.1) is 0 Å². The molecule has 1 aromatic heterocycles. The van der Waals surface area contributed by atoms with Crippen LogP contribution in [0.3, 0.4) is 0 Å². The molecule has 3 heterocycles. The standard InChI is InChI=1S/C10H15N3/c1-2-8-6-13(5-1)7-9(8)10-3-4-11-12-10/h3-4,8-9H,1-2,5-7H2,(H,11,12). The minimum atomic E-state index is 0.703. The van der Waals surface area contributed by atoms with Gasteiger partial charge in [0.2, 0.25) is 0 Å². The number of piperidine rings is 1. The third kappa shape index (κ3) is 1.18. The summed E-state index contributed by atoms with van der Waals surface area (Å²) in [6.45, 7) is 3.84. The Morgan fingerprint density at radius 1 is 1.46 bits per heavy atom. The topological polar surface area (TPSA) is 31.9 Å². The van der Waals surface area contributed by atoms with E-state index < -0.39 is 0 Å². The molecule has 0 aromatic carbocycles. The van der Waals surface area contributed by atoms with Gasteiger partial charge in [0.1, 0.15) is 0 Å². The van der Waals surface area contributed by atoms with Crippen LogP contribution in [0, 0.1) is 5.92 Å². The lowest BCUT2D eigenvalue weighted by atomic mass is 9.89. The minimum Gasteiger partial charge on any atom is -0.302 e. The Bertz CT molecular complexity index is 280. The Kier molecular flexibility index (Phi) is 1.65.